The van der Waals surface area contributed by atoms with Crippen molar-refractivity contribution in [3.63, 3.8) is 0 Å². The van der Waals surface area contributed by atoms with Crippen LogP contribution in [0.3, 0.4) is 0 Å². The fourth-order valence-corrected chi connectivity index (χ4v) is 6.06. The fraction of sp³-hybridized carbons (Fsp3) is 0.304. The van der Waals surface area contributed by atoms with Crippen LogP contribution in [-0.4, -0.2) is 60.0 Å². The van der Waals surface area contributed by atoms with E-state index in [0.29, 0.717) is 11.4 Å². The van der Waals surface area contributed by atoms with Gasteiger partial charge in [-0.25, -0.2) is 4.98 Å². The summed E-state index contributed by atoms with van der Waals surface area (Å²) in [5.41, 5.74) is 2.34. The van der Waals surface area contributed by atoms with Gasteiger partial charge < -0.3 is 10.2 Å². The van der Waals surface area contributed by atoms with Gasteiger partial charge in [0.25, 0.3) is 11.6 Å². The van der Waals surface area contributed by atoms with Crippen LogP contribution in [0.4, 0.5) is 10.8 Å². The number of aryl methyl sites for hydroxylation is 1. The molecule has 1 fully saturated rings. The van der Waals surface area contributed by atoms with Gasteiger partial charge in [0.05, 0.1) is 20.0 Å². The lowest BCUT2D eigenvalue weighted by atomic mass is 10.2. The molecular formula is C23H23N5O3S2. The van der Waals surface area contributed by atoms with E-state index >= 15 is 0 Å². The van der Waals surface area contributed by atoms with Gasteiger partial charge in [0.2, 0.25) is 0 Å². The zero-order chi connectivity index (χ0) is 22.9. The van der Waals surface area contributed by atoms with Crippen LogP contribution in [0.25, 0.3) is 20.3 Å². The highest BCUT2D eigenvalue weighted by Gasteiger charge is 2.20. The Hall–Kier alpha value is -3.08. The number of rotatable bonds is 6. The van der Waals surface area contributed by atoms with E-state index in [0.717, 1.165) is 53.5 Å². The molecule has 0 atom stereocenters. The quantitative estimate of drug-likeness (QED) is 0.327. The highest BCUT2D eigenvalue weighted by molar-refractivity contribution is 7.22. The minimum atomic E-state index is -0.422. The van der Waals surface area contributed by atoms with Crippen LogP contribution in [0.1, 0.15) is 15.2 Å². The number of nitrogens with zero attached hydrogens (tertiary/aromatic N) is 4. The minimum Gasteiger partial charge on any atom is -0.350 e. The van der Waals surface area contributed by atoms with Gasteiger partial charge >= 0.3 is 0 Å². The van der Waals surface area contributed by atoms with Crippen molar-refractivity contribution in [1.82, 2.24) is 15.2 Å². The second-order valence-electron chi connectivity index (χ2n) is 8.14. The van der Waals surface area contributed by atoms with Crippen LogP contribution >= 0.6 is 22.7 Å². The molecule has 1 aliphatic rings. The number of thiazole rings is 1. The first-order valence-corrected chi connectivity index (χ1v) is 12.4. The van der Waals surface area contributed by atoms with E-state index in [-0.39, 0.29) is 11.6 Å². The lowest BCUT2D eigenvalue weighted by Gasteiger charge is -2.34. The molecule has 4 aromatic rings. The van der Waals surface area contributed by atoms with Crippen molar-refractivity contribution in [2.45, 2.75) is 6.92 Å². The summed E-state index contributed by atoms with van der Waals surface area (Å²) in [7, 11) is 0. The number of carbonyl (C=O) groups is 1. The fourth-order valence-electron chi connectivity index (χ4n) is 3.99. The van der Waals surface area contributed by atoms with E-state index in [4.69, 9.17) is 4.98 Å². The third-order valence-electron chi connectivity index (χ3n) is 5.82. The van der Waals surface area contributed by atoms with Crippen molar-refractivity contribution in [2.24, 2.45) is 0 Å². The third kappa shape index (κ3) is 4.68. The highest BCUT2D eigenvalue weighted by atomic mass is 32.1. The van der Waals surface area contributed by atoms with E-state index in [1.165, 1.54) is 33.7 Å². The topological polar surface area (TPSA) is 91.6 Å². The Morgan fingerprint density at radius 3 is 2.70 bits per heavy atom. The summed E-state index contributed by atoms with van der Waals surface area (Å²) in [6.07, 6.45) is 0. The lowest BCUT2D eigenvalue weighted by Crippen LogP contribution is -2.48. The number of thiophene rings is 1. The Balaban J connectivity index is 1.12. The lowest BCUT2D eigenvalue weighted by molar-refractivity contribution is -0.384. The maximum Gasteiger partial charge on any atom is 0.270 e. The van der Waals surface area contributed by atoms with Gasteiger partial charge in [0, 0.05) is 61.5 Å². The summed E-state index contributed by atoms with van der Waals surface area (Å²) < 4.78 is 2.10. The Morgan fingerprint density at radius 2 is 1.91 bits per heavy atom. The average molecular weight is 482 g/mol. The van der Waals surface area contributed by atoms with Crippen LogP contribution in [0.15, 0.2) is 42.5 Å². The van der Waals surface area contributed by atoms with Crippen LogP contribution in [-0.2, 0) is 0 Å². The largest absolute Gasteiger partial charge is 0.350 e. The number of nitro benzene ring substituents is 1. The average Bonchev–Trinajstić information content (AvgIpc) is 3.42. The molecule has 10 heteroatoms. The predicted octanol–water partition coefficient (Wildman–Crippen LogP) is 4.28. The van der Waals surface area contributed by atoms with Gasteiger partial charge in [0.15, 0.2) is 5.13 Å². The molecule has 0 unspecified atom stereocenters. The monoisotopic (exact) mass is 481 g/mol. The second-order valence-corrected chi connectivity index (χ2v) is 10.2. The Bertz CT molecular complexity index is 1340. The highest BCUT2D eigenvalue weighted by Crippen LogP contribution is 2.30. The van der Waals surface area contributed by atoms with Gasteiger partial charge in [-0.15, -0.1) is 11.3 Å². The van der Waals surface area contributed by atoms with Gasteiger partial charge in [-0.2, -0.15) is 0 Å². The summed E-state index contributed by atoms with van der Waals surface area (Å²) >= 11 is 3.10. The molecule has 5 rings (SSSR count). The number of hydrogen-bond acceptors (Lipinski definition) is 8. The number of hydrogen-bond donors (Lipinski definition) is 1. The van der Waals surface area contributed by atoms with Crippen molar-refractivity contribution in [2.75, 3.05) is 44.2 Å². The van der Waals surface area contributed by atoms with Crippen molar-refractivity contribution < 1.29 is 9.72 Å². The maximum absolute atomic E-state index is 12.6. The number of nitrogens with one attached hydrogen (secondary N) is 1. The molecule has 1 amide bonds. The summed E-state index contributed by atoms with van der Waals surface area (Å²) in [4.78, 5) is 33.1. The van der Waals surface area contributed by atoms with E-state index < -0.39 is 4.92 Å². The van der Waals surface area contributed by atoms with E-state index in [1.54, 1.807) is 23.5 Å². The maximum atomic E-state index is 12.6. The summed E-state index contributed by atoms with van der Waals surface area (Å²) in [6, 6.07) is 12.8. The number of non-ortho nitro benzene ring substituents is 1. The predicted molar refractivity (Wildman–Crippen MR) is 134 cm³/mol. The number of piperazine rings is 1. The zero-order valence-electron chi connectivity index (χ0n) is 18.1. The molecule has 1 saturated heterocycles. The molecular weight excluding hydrogens is 458 g/mol. The SMILES string of the molecule is Cc1ccc2nc(N3CCN(CCNC(=O)c4cc5cc([N+](=O)[O-])ccc5s4)CC3)sc2c1. The molecule has 170 valence electrons. The van der Waals surface area contributed by atoms with E-state index in [1.807, 2.05) is 0 Å². The van der Waals surface area contributed by atoms with Gasteiger partial charge in [-0.05, 0) is 36.8 Å². The van der Waals surface area contributed by atoms with Crippen molar-refractivity contribution in [1.29, 1.82) is 0 Å². The van der Waals surface area contributed by atoms with Gasteiger partial charge in [-0.1, -0.05) is 17.4 Å². The van der Waals surface area contributed by atoms with E-state index in [2.05, 4.69) is 40.2 Å². The second kappa shape index (κ2) is 9.05. The van der Waals surface area contributed by atoms with Crippen molar-refractivity contribution in [3.8, 4) is 0 Å². The Labute approximate surface area is 198 Å². The Morgan fingerprint density at radius 1 is 1.09 bits per heavy atom. The molecule has 33 heavy (non-hydrogen) atoms. The molecule has 3 heterocycles. The molecule has 2 aromatic heterocycles. The Kier molecular flexibility index (Phi) is 5.96. The molecule has 1 aliphatic heterocycles. The molecule has 2 aromatic carbocycles. The summed E-state index contributed by atoms with van der Waals surface area (Å²) in [5, 5.41) is 15.7. The number of nitro groups is 1. The number of carbonyl (C=O) groups excluding carboxylic acids is 1. The van der Waals surface area contributed by atoms with E-state index in [9.17, 15) is 14.9 Å². The standard InChI is InChI=1S/C23H23N5O3S2/c1-15-2-4-18-20(12-15)33-23(25-18)27-10-8-26(9-11-27)7-6-24-22(29)21-14-16-13-17(28(30)31)3-5-19(16)32-21/h2-5,12-14H,6-11H2,1H3,(H,24,29). The van der Waals surface area contributed by atoms with Gasteiger partial charge in [-0.3, -0.25) is 19.8 Å². The number of anilines is 1. The van der Waals surface area contributed by atoms with Crippen LogP contribution in [0.5, 0.6) is 0 Å². The first kappa shape index (κ1) is 21.7. The van der Waals surface area contributed by atoms with Crippen molar-refractivity contribution >= 4 is 59.7 Å². The number of aromatic nitrogens is 1. The van der Waals surface area contributed by atoms with Gasteiger partial charge in [0.1, 0.15) is 0 Å². The molecule has 0 aliphatic carbocycles. The molecule has 0 spiro atoms. The minimum absolute atomic E-state index is 0.0346. The van der Waals surface area contributed by atoms with Crippen LogP contribution in [0.2, 0.25) is 0 Å². The zero-order valence-corrected chi connectivity index (χ0v) is 19.7. The van der Waals surface area contributed by atoms with Crippen LogP contribution in [0, 0.1) is 17.0 Å². The first-order chi connectivity index (χ1) is 16.0. The number of benzene rings is 2. The summed E-state index contributed by atoms with van der Waals surface area (Å²) in [6.45, 7) is 7.14. The molecule has 1 N–H and O–H groups in total. The molecule has 0 radical (unpaired) electrons. The first-order valence-electron chi connectivity index (χ1n) is 10.8. The molecule has 0 bridgehead atoms. The smallest absolute Gasteiger partial charge is 0.270 e. The third-order valence-corrected chi connectivity index (χ3v) is 8.02. The number of fused-ring (bicyclic) bond motifs is 2. The number of amides is 1. The van der Waals surface area contributed by atoms with Crippen molar-refractivity contribution in [3.05, 3.63) is 63.0 Å². The van der Waals surface area contributed by atoms with Crippen LogP contribution < -0.4 is 10.2 Å². The molecule has 8 nitrogen and oxygen atoms in total. The summed E-state index contributed by atoms with van der Waals surface area (Å²) in [5.74, 6) is -0.137. The normalized spacial score (nSPS) is 14.8. The molecule has 0 saturated carbocycles.